The lowest BCUT2D eigenvalue weighted by atomic mass is 10.2. The summed E-state index contributed by atoms with van der Waals surface area (Å²) in [4.78, 5) is 4.54. The third kappa shape index (κ3) is 6.67. The highest BCUT2D eigenvalue weighted by molar-refractivity contribution is 5.80. The van der Waals surface area contributed by atoms with Gasteiger partial charge in [0.1, 0.15) is 0 Å². The lowest BCUT2D eigenvalue weighted by Gasteiger charge is -2.09. The van der Waals surface area contributed by atoms with E-state index in [-0.39, 0.29) is 0 Å². The second kappa shape index (κ2) is 8.39. The molecule has 1 fully saturated rings. The summed E-state index contributed by atoms with van der Waals surface area (Å²) in [5.41, 5.74) is 0. The molecule has 0 saturated heterocycles. The number of ether oxygens (including phenoxy) is 1. The fourth-order valence-corrected chi connectivity index (χ4v) is 1.47. The minimum absolute atomic E-state index is 0.672. The smallest absolute Gasteiger partial charge is 0.191 e. The first kappa shape index (κ1) is 13.3. The first-order valence-corrected chi connectivity index (χ1v) is 6.40. The number of hydrogen-bond acceptors (Lipinski definition) is 2. The Bertz CT molecular complexity index is 202. The first-order valence-electron chi connectivity index (χ1n) is 6.40. The molecule has 0 aromatic rings. The normalized spacial score (nSPS) is 16.2. The highest BCUT2D eigenvalue weighted by atomic mass is 16.5. The molecule has 4 nitrogen and oxygen atoms in total. The van der Waals surface area contributed by atoms with Crippen molar-refractivity contribution in [3.05, 3.63) is 0 Å². The van der Waals surface area contributed by atoms with Crippen molar-refractivity contribution in [1.29, 1.82) is 0 Å². The zero-order chi connectivity index (χ0) is 11.6. The van der Waals surface area contributed by atoms with E-state index in [1.165, 1.54) is 19.3 Å². The van der Waals surface area contributed by atoms with Gasteiger partial charge in [-0.3, -0.25) is 4.99 Å². The summed E-state index contributed by atoms with van der Waals surface area (Å²) < 4.78 is 5.01. The van der Waals surface area contributed by atoms with Crippen LogP contribution >= 0.6 is 0 Å². The fourth-order valence-electron chi connectivity index (χ4n) is 1.47. The first-order chi connectivity index (χ1) is 7.86. The number of nitrogens with one attached hydrogen (secondary N) is 2. The predicted molar refractivity (Wildman–Crippen MR) is 67.9 cm³/mol. The number of rotatable bonds is 8. The van der Waals surface area contributed by atoms with Crippen LogP contribution in [0.1, 0.15) is 39.0 Å². The van der Waals surface area contributed by atoms with E-state index >= 15 is 0 Å². The Kier molecular flexibility index (Phi) is 6.97. The van der Waals surface area contributed by atoms with Crippen molar-refractivity contribution in [2.75, 3.05) is 26.8 Å². The molecule has 2 N–H and O–H groups in total. The van der Waals surface area contributed by atoms with Crippen molar-refractivity contribution >= 4 is 5.96 Å². The summed E-state index contributed by atoms with van der Waals surface area (Å²) in [5, 5.41) is 6.68. The molecule has 0 aliphatic heterocycles. The molecule has 0 aromatic carbocycles. The summed E-state index contributed by atoms with van der Waals surface area (Å²) in [6.45, 7) is 4.81. The van der Waals surface area contributed by atoms with Crippen molar-refractivity contribution in [3.8, 4) is 0 Å². The second-order valence-corrected chi connectivity index (χ2v) is 4.23. The van der Waals surface area contributed by atoms with Gasteiger partial charge in [0, 0.05) is 32.8 Å². The fraction of sp³-hybridized carbons (Fsp3) is 0.917. The van der Waals surface area contributed by atoms with Gasteiger partial charge < -0.3 is 15.4 Å². The molecular formula is C12H25N3O. The van der Waals surface area contributed by atoms with E-state index in [4.69, 9.17) is 4.74 Å². The van der Waals surface area contributed by atoms with Crippen LogP contribution in [0, 0.1) is 0 Å². The summed E-state index contributed by atoms with van der Waals surface area (Å²) in [5.74, 6) is 0.983. The van der Waals surface area contributed by atoms with Crippen LogP contribution in [0.4, 0.5) is 0 Å². The van der Waals surface area contributed by atoms with Crippen LogP contribution in [0.2, 0.25) is 0 Å². The molecule has 0 unspecified atom stereocenters. The molecule has 1 saturated carbocycles. The molecule has 0 amide bonds. The Balaban J connectivity index is 2.06. The minimum Gasteiger partial charge on any atom is -0.385 e. The number of guanidine groups is 1. The topological polar surface area (TPSA) is 45.7 Å². The lowest BCUT2D eigenvalue weighted by Crippen LogP contribution is -2.38. The highest BCUT2D eigenvalue weighted by Gasteiger charge is 2.21. The van der Waals surface area contributed by atoms with Gasteiger partial charge in [0.2, 0.25) is 0 Å². The molecule has 1 rings (SSSR count). The van der Waals surface area contributed by atoms with Gasteiger partial charge in [-0.1, -0.05) is 0 Å². The predicted octanol–water partition coefficient (Wildman–Crippen LogP) is 1.52. The molecule has 94 valence electrons. The SMILES string of the molecule is CCNC(=NCCCCCOC)NC1CC1. The van der Waals surface area contributed by atoms with Gasteiger partial charge >= 0.3 is 0 Å². The molecule has 1 aliphatic carbocycles. The quantitative estimate of drug-likeness (QED) is 0.375. The molecule has 0 spiro atoms. The molecule has 0 heterocycles. The number of methoxy groups -OCH3 is 1. The molecule has 1 aliphatic rings. The standard InChI is InChI=1S/C12H25N3O/c1-3-13-12(15-11-7-8-11)14-9-5-4-6-10-16-2/h11H,3-10H2,1-2H3,(H2,13,14,15). The van der Waals surface area contributed by atoms with E-state index in [2.05, 4.69) is 22.5 Å². The maximum absolute atomic E-state index is 5.01. The number of hydrogen-bond donors (Lipinski definition) is 2. The van der Waals surface area contributed by atoms with E-state index in [1.807, 2.05) is 0 Å². The zero-order valence-corrected chi connectivity index (χ0v) is 10.6. The third-order valence-electron chi connectivity index (χ3n) is 2.54. The Morgan fingerprint density at radius 2 is 2.12 bits per heavy atom. The molecule has 0 aromatic heterocycles. The van der Waals surface area contributed by atoms with Crippen LogP contribution in [-0.2, 0) is 4.74 Å². The summed E-state index contributed by atoms with van der Waals surface area (Å²) >= 11 is 0. The third-order valence-corrected chi connectivity index (χ3v) is 2.54. The van der Waals surface area contributed by atoms with Gasteiger partial charge in [0.15, 0.2) is 5.96 Å². The van der Waals surface area contributed by atoms with Crippen LogP contribution in [0.5, 0.6) is 0 Å². The van der Waals surface area contributed by atoms with Gasteiger partial charge in [-0.25, -0.2) is 0 Å². The number of nitrogens with zero attached hydrogens (tertiary/aromatic N) is 1. The summed E-state index contributed by atoms with van der Waals surface area (Å²) in [6.07, 6.45) is 6.06. The van der Waals surface area contributed by atoms with Crippen LogP contribution in [0.3, 0.4) is 0 Å². The average Bonchev–Trinajstić information content (AvgIpc) is 3.07. The van der Waals surface area contributed by atoms with E-state index in [0.29, 0.717) is 6.04 Å². The van der Waals surface area contributed by atoms with Gasteiger partial charge in [-0.15, -0.1) is 0 Å². The molecule has 0 radical (unpaired) electrons. The van der Waals surface area contributed by atoms with Crippen molar-refractivity contribution in [2.24, 2.45) is 4.99 Å². The van der Waals surface area contributed by atoms with Gasteiger partial charge in [0.05, 0.1) is 0 Å². The van der Waals surface area contributed by atoms with Crippen molar-refractivity contribution in [3.63, 3.8) is 0 Å². The van der Waals surface area contributed by atoms with Gasteiger partial charge in [0.25, 0.3) is 0 Å². The maximum Gasteiger partial charge on any atom is 0.191 e. The van der Waals surface area contributed by atoms with Gasteiger partial charge in [-0.05, 0) is 39.0 Å². The zero-order valence-electron chi connectivity index (χ0n) is 10.6. The average molecular weight is 227 g/mol. The Hall–Kier alpha value is -0.770. The highest BCUT2D eigenvalue weighted by Crippen LogP contribution is 2.18. The van der Waals surface area contributed by atoms with Crippen molar-refractivity contribution in [2.45, 2.75) is 45.1 Å². The van der Waals surface area contributed by atoms with E-state index in [0.717, 1.165) is 38.5 Å². The monoisotopic (exact) mass is 227 g/mol. The van der Waals surface area contributed by atoms with Crippen molar-refractivity contribution < 1.29 is 4.74 Å². The van der Waals surface area contributed by atoms with Crippen LogP contribution < -0.4 is 10.6 Å². The number of unbranched alkanes of at least 4 members (excludes halogenated alkanes) is 2. The van der Waals surface area contributed by atoms with E-state index < -0.39 is 0 Å². The molecule has 16 heavy (non-hydrogen) atoms. The summed E-state index contributed by atoms with van der Waals surface area (Å²) in [6, 6.07) is 0.672. The van der Waals surface area contributed by atoms with Crippen LogP contribution in [0.25, 0.3) is 0 Å². The Morgan fingerprint density at radius 1 is 1.31 bits per heavy atom. The lowest BCUT2D eigenvalue weighted by molar-refractivity contribution is 0.192. The summed E-state index contributed by atoms with van der Waals surface area (Å²) in [7, 11) is 1.75. The van der Waals surface area contributed by atoms with E-state index in [1.54, 1.807) is 7.11 Å². The van der Waals surface area contributed by atoms with Gasteiger partial charge in [-0.2, -0.15) is 0 Å². The van der Waals surface area contributed by atoms with Crippen LogP contribution in [-0.4, -0.2) is 38.8 Å². The molecule has 4 heteroatoms. The second-order valence-electron chi connectivity index (χ2n) is 4.23. The molecule has 0 bridgehead atoms. The number of aliphatic imine (C=N–C) groups is 1. The van der Waals surface area contributed by atoms with Crippen molar-refractivity contribution in [1.82, 2.24) is 10.6 Å². The Morgan fingerprint density at radius 3 is 2.75 bits per heavy atom. The largest absolute Gasteiger partial charge is 0.385 e. The molecular weight excluding hydrogens is 202 g/mol. The van der Waals surface area contributed by atoms with E-state index in [9.17, 15) is 0 Å². The minimum atomic E-state index is 0.672. The maximum atomic E-state index is 5.01. The Labute approximate surface area is 98.9 Å². The molecule has 0 atom stereocenters. The van der Waals surface area contributed by atoms with Crippen LogP contribution in [0.15, 0.2) is 4.99 Å².